The SMILES string of the molecule is O=C(N[C@@H](COCc1ccccc1)C(=O)O)c1nc(-c2ccc(C(F)(F)F)cc2)oc1-c1ccc2ccccc2n1. The van der Waals surface area contributed by atoms with Crippen LogP contribution in [0.1, 0.15) is 21.6 Å². The predicted molar refractivity (Wildman–Crippen MR) is 143 cm³/mol. The van der Waals surface area contributed by atoms with Crippen LogP contribution in [0.2, 0.25) is 0 Å². The van der Waals surface area contributed by atoms with Crippen molar-refractivity contribution in [1.29, 1.82) is 0 Å². The Morgan fingerprint density at radius 1 is 0.902 bits per heavy atom. The fraction of sp³-hybridized carbons (Fsp3) is 0.133. The molecule has 2 N–H and O–H groups in total. The number of halogens is 3. The van der Waals surface area contributed by atoms with Crippen LogP contribution >= 0.6 is 0 Å². The van der Waals surface area contributed by atoms with Crippen molar-refractivity contribution < 1.29 is 37.0 Å². The van der Waals surface area contributed by atoms with Gasteiger partial charge in [-0.15, -0.1) is 0 Å². The molecular formula is C30H22F3N3O5. The van der Waals surface area contributed by atoms with E-state index in [1.807, 2.05) is 42.5 Å². The molecule has 0 fully saturated rings. The summed E-state index contributed by atoms with van der Waals surface area (Å²) in [5, 5.41) is 12.9. The lowest BCUT2D eigenvalue weighted by Gasteiger charge is -2.14. The number of para-hydroxylation sites is 1. The molecule has 41 heavy (non-hydrogen) atoms. The van der Waals surface area contributed by atoms with Crippen molar-refractivity contribution in [3.8, 4) is 22.9 Å². The van der Waals surface area contributed by atoms with Crippen molar-refractivity contribution in [2.75, 3.05) is 6.61 Å². The van der Waals surface area contributed by atoms with E-state index in [2.05, 4.69) is 15.3 Å². The minimum atomic E-state index is -4.53. The summed E-state index contributed by atoms with van der Waals surface area (Å²) in [6.45, 7) is -0.197. The van der Waals surface area contributed by atoms with Crippen molar-refractivity contribution in [3.05, 3.63) is 108 Å². The summed E-state index contributed by atoms with van der Waals surface area (Å²) in [4.78, 5) is 34.0. The van der Waals surface area contributed by atoms with Crippen molar-refractivity contribution >= 4 is 22.8 Å². The van der Waals surface area contributed by atoms with Crippen molar-refractivity contribution in [2.24, 2.45) is 0 Å². The van der Waals surface area contributed by atoms with Crippen LogP contribution in [-0.2, 0) is 22.3 Å². The normalized spacial score (nSPS) is 12.3. The number of aromatic nitrogens is 2. The maximum absolute atomic E-state index is 13.4. The van der Waals surface area contributed by atoms with E-state index >= 15 is 0 Å². The third kappa shape index (κ3) is 6.42. The quantitative estimate of drug-likeness (QED) is 0.228. The van der Waals surface area contributed by atoms with Crippen LogP contribution in [-0.4, -0.2) is 39.6 Å². The molecule has 8 nitrogen and oxygen atoms in total. The van der Waals surface area contributed by atoms with Gasteiger partial charge in [0.15, 0.2) is 17.5 Å². The average Bonchev–Trinajstić information content (AvgIpc) is 3.42. The van der Waals surface area contributed by atoms with Crippen LogP contribution in [0.15, 0.2) is 95.4 Å². The number of ether oxygens (including phenoxy) is 1. The fourth-order valence-electron chi connectivity index (χ4n) is 4.04. The topological polar surface area (TPSA) is 115 Å². The molecule has 5 rings (SSSR count). The Balaban J connectivity index is 1.46. The summed E-state index contributed by atoms with van der Waals surface area (Å²) < 4.78 is 50.6. The van der Waals surface area contributed by atoms with E-state index in [-0.39, 0.29) is 41.8 Å². The lowest BCUT2D eigenvalue weighted by atomic mass is 10.1. The van der Waals surface area contributed by atoms with Gasteiger partial charge in [-0.1, -0.05) is 54.6 Å². The van der Waals surface area contributed by atoms with Gasteiger partial charge in [-0.3, -0.25) is 4.79 Å². The minimum absolute atomic E-state index is 0.0718. The highest BCUT2D eigenvalue weighted by Crippen LogP contribution is 2.33. The number of alkyl halides is 3. The van der Waals surface area contributed by atoms with E-state index in [4.69, 9.17) is 9.15 Å². The van der Waals surface area contributed by atoms with Crippen molar-refractivity contribution in [3.63, 3.8) is 0 Å². The van der Waals surface area contributed by atoms with Gasteiger partial charge < -0.3 is 19.6 Å². The lowest BCUT2D eigenvalue weighted by molar-refractivity contribution is -0.141. The number of aliphatic carboxylic acids is 1. The van der Waals surface area contributed by atoms with Gasteiger partial charge in [-0.05, 0) is 42.0 Å². The molecule has 1 amide bonds. The largest absolute Gasteiger partial charge is 0.480 e. The number of hydrogen-bond acceptors (Lipinski definition) is 6. The van der Waals surface area contributed by atoms with Gasteiger partial charge in [0.1, 0.15) is 5.69 Å². The number of pyridine rings is 1. The van der Waals surface area contributed by atoms with Crippen LogP contribution in [0.25, 0.3) is 33.8 Å². The van der Waals surface area contributed by atoms with E-state index in [1.165, 1.54) is 12.1 Å². The number of fused-ring (bicyclic) bond motifs is 1. The number of hydrogen-bond donors (Lipinski definition) is 2. The molecule has 2 heterocycles. The number of amides is 1. The van der Waals surface area contributed by atoms with E-state index in [9.17, 15) is 27.9 Å². The molecule has 0 aliphatic heterocycles. The second kappa shape index (κ2) is 11.6. The molecule has 0 unspecified atom stereocenters. The van der Waals surface area contributed by atoms with Crippen LogP contribution in [0, 0.1) is 0 Å². The summed E-state index contributed by atoms with van der Waals surface area (Å²) in [5.74, 6) is -2.42. The molecule has 208 valence electrons. The first-order valence-electron chi connectivity index (χ1n) is 12.4. The van der Waals surface area contributed by atoms with Gasteiger partial charge >= 0.3 is 12.1 Å². The maximum Gasteiger partial charge on any atom is 0.416 e. The Bertz CT molecular complexity index is 1690. The third-order valence-corrected chi connectivity index (χ3v) is 6.13. The number of carboxylic acid groups (broad SMARTS) is 1. The smallest absolute Gasteiger partial charge is 0.416 e. The van der Waals surface area contributed by atoms with Crippen LogP contribution < -0.4 is 5.32 Å². The van der Waals surface area contributed by atoms with Gasteiger partial charge in [0.25, 0.3) is 5.91 Å². The van der Waals surface area contributed by atoms with Gasteiger partial charge in [0.05, 0.1) is 24.3 Å². The molecule has 3 aromatic carbocycles. The molecule has 0 aliphatic carbocycles. The standard InChI is InChI=1S/C30H22F3N3O5/c31-30(32,33)21-13-10-20(11-14-21)28-36-25(26(41-28)23-15-12-19-8-4-5-9-22(19)34-23)27(37)35-24(29(38)39)17-40-16-18-6-2-1-3-7-18/h1-15,24H,16-17H2,(H,35,37)(H,38,39)/t24-/m0/s1. The Morgan fingerprint density at radius 2 is 1.61 bits per heavy atom. The fourth-order valence-corrected chi connectivity index (χ4v) is 4.04. The second-order valence-electron chi connectivity index (χ2n) is 9.03. The number of carbonyl (C=O) groups is 2. The van der Waals surface area contributed by atoms with Crippen LogP contribution in [0.4, 0.5) is 13.2 Å². The Labute approximate surface area is 231 Å². The summed E-state index contributed by atoms with van der Waals surface area (Å²) in [6.07, 6.45) is -4.53. The highest BCUT2D eigenvalue weighted by molar-refractivity contribution is 6.00. The number of benzene rings is 3. The number of oxazole rings is 1. The summed E-state index contributed by atoms with van der Waals surface area (Å²) >= 11 is 0. The zero-order valence-corrected chi connectivity index (χ0v) is 21.3. The van der Waals surface area contributed by atoms with Crippen LogP contribution in [0.3, 0.4) is 0 Å². The predicted octanol–water partition coefficient (Wildman–Crippen LogP) is 5.98. The number of nitrogens with zero attached hydrogens (tertiary/aromatic N) is 2. The van der Waals surface area contributed by atoms with Gasteiger partial charge in [-0.2, -0.15) is 13.2 Å². The molecule has 0 saturated carbocycles. The summed E-state index contributed by atoms with van der Waals surface area (Å²) in [6, 6.07) is 22.4. The van der Waals surface area contributed by atoms with Gasteiger partial charge in [-0.25, -0.2) is 14.8 Å². The lowest BCUT2D eigenvalue weighted by Crippen LogP contribution is -2.44. The minimum Gasteiger partial charge on any atom is -0.480 e. The molecule has 1 atom stereocenters. The molecule has 0 saturated heterocycles. The van der Waals surface area contributed by atoms with E-state index in [0.717, 1.165) is 23.1 Å². The van der Waals surface area contributed by atoms with Crippen LogP contribution in [0.5, 0.6) is 0 Å². The molecule has 2 aromatic heterocycles. The molecule has 5 aromatic rings. The molecule has 0 radical (unpaired) electrons. The zero-order chi connectivity index (χ0) is 29.0. The third-order valence-electron chi connectivity index (χ3n) is 6.13. The summed E-state index contributed by atoms with van der Waals surface area (Å²) in [7, 11) is 0. The first kappa shape index (κ1) is 27.5. The molecular weight excluding hydrogens is 539 g/mol. The van der Waals surface area contributed by atoms with Crippen molar-refractivity contribution in [2.45, 2.75) is 18.8 Å². The Morgan fingerprint density at radius 3 is 2.32 bits per heavy atom. The highest BCUT2D eigenvalue weighted by atomic mass is 19.4. The number of nitrogens with one attached hydrogen (secondary N) is 1. The highest BCUT2D eigenvalue weighted by Gasteiger charge is 2.31. The first-order chi connectivity index (χ1) is 19.7. The number of rotatable bonds is 9. The molecule has 0 aliphatic rings. The molecule has 0 bridgehead atoms. The Kier molecular flexibility index (Phi) is 7.79. The molecule has 11 heteroatoms. The van der Waals surface area contributed by atoms with Gasteiger partial charge in [0.2, 0.25) is 5.89 Å². The first-order valence-corrected chi connectivity index (χ1v) is 12.4. The van der Waals surface area contributed by atoms with E-state index in [0.29, 0.717) is 5.52 Å². The van der Waals surface area contributed by atoms with E-state index < -0.39 is 29.7 Å². The average molecular weight is 562 g/mol. The van der Waals surface area contributed by atoms with E-state index in [1.54, 1.807) is 24.3 Å². The summed E-state index contributed by atoms with van der Waals surface area (Å²) in [5.41, 5.74) is 0.692. The Hall–Kier alpha value is -5.03. The maximum atomic E-state index is 13.4. The zero-order valence-electron chi connectivity index (χ0n) is 21.3. The van der Waals surface area contributed by atoms with Crippen molar-refractivity contribution in [1.82, 2.24) is 15.3 Å². The monoisotopic (exact) mass is 561 g/mol. The number of carbonyl (C=O) groups excluding carboxylic acids is 1. The second-order valence-corrected chi connectivity index (χ2v) is 9.03. The molecule has 0 spiro atoms. The van der Waals surface area contributed by atoms with Gasteiger partial charge in [0, 0.05) is 10.9 Å². The number of carboxylic acids is 1.